The summed E-state index contributed by atoms with van der Waals surface area (Å²) in [6, 6.07) is 5.78. The number of hydrogen-bond donors (Lipinski definition) is 1. The molecule has 0 radical (unpaired) electrons. The minimum atomic E-state index is -0.906. The molecule has 1 aromatic heterocycles. The molecule has 1 atom stereocenters. The summed E-state index contributed by atoms with van der Waals surface area (Å²) in [4.78, 5) is 6.28. The molecule has 0 aromatic carbocycles. The van der Waals surface area contributed by atoms with Crippen LogP contribution in [0.5, 0.6) is 0 Å². The SMILES string of the molecule is Cc1cccc(N2C(=S)SCC2(O)CC(C)C)n1. The van der Waals surface area contributed by atoms with Crippen LogP contribution >= 0.6 is 24.0 Å². The van der Waals surface area contributed by atoms with Crippen molar-refractivity contribution < 1.29 is 5.11 Å². The molecule has 3 nitrogen and oxygen atoms in total. The van der Waals surface area contributed by atoms with Gasteiger partial charge < -0.3 is 5.11 Å². The first-order valence-corrected chi connectivity index (χ1v) is 7.45. The standard InChI is InChI=1S/C13H18N2OS2/c1-9(2)7-13(16)8-18-12(17)15(13)11-6-4-5-10(3)14-11/h4-6,9,16H,7-8H2,1-3H3. The number of aryl methyl sites for hydroxylation is 1. The Kier molecular flexibility index (Phi) is 3.94. The molecular formula is C13H18N2OS2. The van der Waals surface area contributed by atoms with E-state index in [1.54, 1.807) is 4.90 Å². The van der Waals surface area contributed by atoms with Crippen molar-refractivity contribution in [1.82, 2.24) is 4.98 Å². The Morgan fingerprint density at radius 3 is 2.89 bits per heavy atom. The molecule has 1 unspecified atom stereocenters. The van der Waals surface area contributed by atoms with Crippen LogP contribution in [0.25, 0.3) is 0 Å². The van der Waals surface area contributed by atoms with Crippen LogP contribution in [-0.2, 0) is 0 Å². The summed E-state index contributed by atoms with van der Waals surface area (Å²) in [6.45, 7) is 6.15. The quantitative estimate of drug-likeness (QED) is 0.863. The normalized spacial score (nSPS) is 24.1. The van der Waals surface area contributed by atoms with E-state index in [0.717, 1.165) is 11.5 Å². The van der Waals surface area contributed by atoms with Crippen LogP contribution in [0.3, 0.4) is 0 Å². The highest BCUT2D eigenvalue weighted by atomic mass is 32.2. The molecule has 0 saturated carbocycles. The lowest BCUT2D eigenvalue weighted by atomic mass is 10.0. The molecule has 0 aliphatic carbocycles. The number of hydrogen-bond acceptors (Lipinski definition) is 4. The van der Waals surface area contributed by atoms with Gasteiger partial charge in [0.25, 0.3) is 0 Å². The van der Waals surface area contributed by atoms with Gasteiger partial charge in [0.1, 0.15) is 10.1 Å². The van der Waals surface area contributed by atoms with Crippen molar-refractivity contribution in [3.63, 3.8) is 0 Å². The molecule has 0 amide bonds. The van der Waals surface area contributed by atoms with Crippen LogP contribution in [0, 0.1) is 12.8 Å². The van der Waals surface area contributed by atoms with Gasteiger partial charge in [-0.3, -0.25) is 4.90 Å². The first-order valence-electron chi connectivity index (χ1n) is 6.05. The fraction of sp³-hybridized carbons (Fsp3) is 0.538. The predicted octanol–water partition coefficient (Wildman–Crippen LogP) is 2.96. The van der Waals surface area contributed by atoms with Gasteiger partial charge in [-0.15, -0.1) is 0 Å². The Morgan fingerprint density at radius 1 is 1.56 bits per heavy atom. The van der Waals surface area contributed by atoms with E-state index in [-0.39, 0.29) is 0 Å². The van der Waals surface area contributed by atoms with Gasteiger partial charge in [-0.1, -0.05) is 43.9 Å². The average molecular weight is 282 g/mol. The van der Waals surface area contributed by atoms with Gasteiger partial charge in [0.2, 0.25) is 0 Å². The molecule has 18 heavy (non-hydrogen) atoms. The predicted molar refractivity (Wildman–Crippen MR) is 80.9 cm³/mol. The minimum Gasteiger partial charge on any atom is -0.369 e. The molecule has 1 aliphatic heterocycles. The maximum absolute atomic E-state index is 10.8. The van der Waals surface area contributed by atoms with Crippen molar-refractivity contribution in [3.8, 4) is 0 Å². The Labute approximate surface area is 118 Å². The van der Waals surface area contributed by atoms with Crippen molar-refractivity contribution in [2.45, 2.75) is 32.9 Å². The summed E-state index contributed by atoms with van der Waals surface area (Å²) in [5, 5.41) is 10.8. The highest BCUT2D eigenvalue weighted by Crippen LogP contribution is 2.38. The number of anilines is 1. The van der Waals surface area contributed by atoms with Crippen LogP contribution in [0.4, 0.5) is 5.82 Å². The lowest BCUT2D eigenvalue weighted by molar-refractivity contribution is 0.0561. The molecule has 0 bridgehead atoms. The minimum absolute atomic E-state index is 0.406. The van der Waals surface area contributed by atoms with Gasteiger partial charge in [-0.2, -0.15) is 0 Å². The maximum atomic E-state index is 10.8. The van der Waals surface area contributed by atoms with Crippen LogP contribution < -0.4 is 4.90 Å². The molecular weight excluding hydrogens is 264 g/mol. The largest absolute Gasteiger partial charge is 0.369 e. The van der Waals surface area contributed by atoms with Crippen molar-refractivity contribution in [1.29, 1.82) is 0 Å². The van der Waals surface area contributed by atoms with E-state index >= 15 is 0 Å². The van der Waals surface area contributed by atoms with E-state index in [1.165, 1.54) is 11.8 Å². The second kappa shape index (κ2) is 5.15. The monoisotopic (exact) mass is 282 g/mol. The lowest BCUT2D eigenvalue weighted by Gasteiger charge is -2.34. The van der Waals surface area contributed by atoms with Crippen molar-refractivity contribution >= 4 is 34.1 Å². The average Bonchev–Trinajstić information content (AvgIpc) is 2.53. The molecule has 1 saturated heterocycles. The van der Waals surface area contributed by atoms with Crippen LogP contribution in [0.2, 0.25) is 0 Å². The van der Waals surface area contributed by atoms with Gasteiger partial charge in [0.15, 0.2) is 5.72 Å². The molecule has 1 fully saturated rings. The third-order valence-electron chi connectivity index (χ3n) is 2.86. The van der Waals surface area contributed by atoms with Gasteiger partial charge in [-0.25, -0.2) is 4.98 Å². The molecule has 2 heterocycles. The highest BCUT2D eigenvalue weighted by Gasteiger charge is 2.44. The highest BCUT2D eigenvalue weighted by molar-refractivity contribution is 8.23. The molecule has 0 spiro atoms. The summed E-state index contributed by atoms with van der Waals surface area (Å²) >= 11 is 6.88. The van der Waals surface area contributed by atoms with Crippen LogP contribution in [-0.4, -0.2) is 25.9 Å². The Bertz CT molecular complexity index is 464. The summed E-state index contributed by atoms with van der Waals surface area (Å²) < 4.78 is 0.705. The Balaban J connectivity index is 2.36. The van der Waals surface area contributed by atoms with Gasteiger partial charge in [0.05, 0.1) is 0 Å². The number of pyridine rings is 1. The zero-order valence-electron chi connectivity index (χ0n) is 10.9. The van der Waals surface area contributed by atoms with E-state index in [4.69, 9.17) is 12.2 Å². The summed E-state index contributed by atoms with van der Waals surface area (Å²) in [6.07, 6.45) is 0.690. The molecule has 5 heteroatoms. The first kappa shape index (κ1) is 13.8. The second-order valence-electron chi connectivity index (χ2n) is 5.11. The zero-order chi connectivity index (χ0) is 13.3. The molecule has 1 N–H and O–H groups in total. The first-order chi connectivity index (χ1) is 8.42. The third-order valence-corrected chi connectivity index (χ3v) is 4.44. The zero-order valence-corrected chi connectivity index (χ0v) is 12.5. The Hall–Kier alpha value is -0.650. The van der Waals surface area contributed by atoms with Gasteiger partial charge in [-0.05, 0) is 31.4 Å². The van der Waals surface area contributed by atoms with E-state index in [1.807, 2.05) is 25.1 Å². The Morgan fingerprint density at radius 2 is 2.28 bits per heavy atom. The fourth-order valence-electron chi connectivity index (χ4n) is 2.24. The molecule has 1 aromatic rings. The number of thiocarbonyl (C=S) groups is 1. The van der Waals surface area contributed by atoms with Crippen molar-refractivity contribution in [2.24, 2.45) is 5.92 Å². The third kappa shape index (κ3) is 2.68. The number of aliphatic hydroxyl groups is 1. The van der Waals surface area contributed by atoms with Crippen molar-refractivity contribution in [2.75, 3.05) is 10.7 Å². The summed E-state index contributed by atoms with van der Waals surface area (Å²) in [5.41, 5.74) is 0.0237. The summed E-state index contributed by atoms with van der Waals surface area (Å²) in [7, 11) is 0. The fourth-order valence-corrected chi connectivity index (χ4v) is 3.67. The molecule has 2 rings (SSSR count). The number of aromatic nitrogens is 1. The maximum Gasteiger partial charge on any atom is 0.154 e. The van der Waals surface area contributed by atoms with Crippen LogP contribution in [0.1, 0.15) is 26.0 Å². The van der Waals surface area contributed by atoms with Crippen LogP contribution in [0.15, 0.2) is 18.2 Å². The number of nitrogens with zero attached hydrogens (tertiary/aromatic N) is 2. The van der Waals surface area contributed by atoms with Gasteiger partial charge in [0, 0.05) is 11.4 Å². The van der Waals surface area contributed by atoms with E-state index in [0.29, 0.717) is 22.4 Å². The van der Waals surface area contributed by atoms with E-state index in [2.05, 4.69) is 18.8 Å². The number of thioether (sulfide) groups is 1. The smallest absolute Gasteiger partial charge is 0.154 e. The van der Waals surface area contributed by atoms with E-state index in [9.17, 15) is 5.11 Å². The number of rotatable bonds is 3. The lowest BCUT2D eigenvalue weighted by Crippen LogP contribution is -2.48. The second-order valence-corrected chi connectivity index (χ2v) is 6.72. The van der Waals surface area contributed by atoms with E-state index < -0.39 is 5.72 Å². The topological polar surface area (TPSA) is 36.4 Å². The molecule has 1 aliphatic rings. The van der Waals surface area contributed by atoms with Crippen molar-refractivity contribution in [3.05, 3.63) is 23.9 Å². The summed E-state index contributed by atoms with van der Waals surface area (Å²) in [5.74, 6) is 1.76. The van der Waals surface area contributed by atoms with Gasteiger partial charge >= 0.3 is 0 Å². The molecule has 98 valence electrons.